The molecule has 0 aromatic carbocycles. The van der Waals surface area contributed by atoms with Crippen molar-refractivity contribution < 1.29 is 4.79 Å². The lowest BCUT2D eigenvalue weighted by Gasteiger charge is -2.23. The molecular formula is C17H25N3O. The molecule has 0 atom stereocenters. The van der Waals surface area contributed by atoms with Crippen LogP contribution in [-0.4, -0.2) is 42.0 Å². The fraction of sp³-hybridized carbons (Fsp3) is 0.647. The minimum absolute atomic E-state index is 0.366. The van der Waals surface area contributed by atoms with Gasteiger partial charge in [-0.2, -0.15) is 0 Å². The Morgan fingerprint density at radius 2 is 1.95 bits per heavy atom. The summed E-state index contributed by atoms with van der Waals surface area (Å²) in [4.78, 5) is 21.2. The number of hydrogen-bond donors (Lipinski definition) is 0. The SMILES string of the molecule is O=C(CC1CCCC1)N1CCCN(c2ccccn2)CC1. The van der Waals surface area contributed by atoms with E-state index in [1.54, 1.807) is 0 Å². The first-order valence-electron chi connectivity index (χ1n) is 8.27. The molecule has 3 rings (SSSR count). The molecule has 4 nitrogen and oxygen atoms in total. The predicted octanol–water partition coefficient (Wildman–Crippen LogP) is 2.70. The van der Waals surface area contributed by atoms with E-state index in [4.69, 9.17) is 0 Å². The van der Waals surface area contributed by atoms with Gasteiger partial charge in [-0.1, -0.05) is 18.9 Å². The topological polar surface area (TPSA) is 36.4 Å². The van der Waals surface area contributed by atoms with Crippen LogP contribution in [0, 0.1) is 5.92 Å². The molecule has 4 heteroatoms. The van der Waals surface area contributed by atoms with Crippen molar-refractivity contribution in [3.05, 3.63) is 24.4 Å². The van der Waals surface area contributed by atoms with E-state index in [1.807, 2.05) is 18.3 Å². The number of carbonyl (C=O) groups excluding carboxylic acids is 1. The van der Waals surface area contributed by atoms with Gasteiger partial charge in [-0.3, -0.25) is 4.79 Å². The Kier molecular flexibility index (Phi) is 4.73. The monoisotopic (exact) mass is 287 g/mol. The van der Waals surface area contributed by atoms with Gasteiger partial charge in [0.1, 0.15) is 5.82 Å². The zero-order valence-corrected chi connectivity index (χ0v) is 12.7. The molecule has 2 heterocycles. The van der Waals surface area contributed by atoms with E-state index in [2.05, 4.69) is 20.9 Å². The zero-order chi connectivity index (χ0) is 14.5. The lowest BCUT2D eigenvalue weighted by molar-refractivity contribution is -0.131. The second-order valence-electron chi connectivity index (χ2n) is 6.26. The molecular weight excluding hydrogens is 262 g/mol. The van der Waals surface area contributed by atoms with Crippen LogP contribution >= 0.6 is 0 Å². The van der Waals surface area contributed by atoms with Crippen molar-refractivity contribution in [2.75, 3.05) is 31.1 Å². The Labute approximate surface area is 127 Å². The van der Waals surface area contributed by atoms with Crippen LogP contribution in [0.3, 0.4) is 0 Å². The molecule has 2 aliphatic rings. The Morgan fingerprint density at radius 1 is 1.10 bits per heavy atom. The first-order valence-corrected chi connectivity index (χ1v) is 8.27. The van der Waals surface area contributed by atoms with E-state index in [1.165, 1.54) is 25.7 Å². The average molecular weight is 287 g/mol. The van der Waals surface area contributed by atoms with Gasteiger partial charge in [-0.05, 0) is 37.3 Å². The molecule has 1 saturated carbocycles. The van der Waals surface area contributed by atoms with Gasteiger partial charge in [-0.25, -0.2) is 4.98 Å². The van der Waals surface area contributed by atoms with E-state index in [-0.39, 0.29) is 0 Å². The third-order valence-electron chi connectivity index (χ3n) is 4.76. The molecule has 1 aromatic rings. The minimum Gasteiger partial charge on any atom is -0.355 e. The molecule has 21 heavy (non-hydrogen) atoms. The Bertz CT molecular complexity index is 456. The van der Waals surface area contributed by atoms with Gasteiger partial charge >= 0.3 is 0 Å². The van der Waals surface area contributed by atoms with Crippen LogP contribution in [0.2, 0.25) is 0 Å². The molecule has 0 spiro atoms. The molecule has 1 amide bonds. The summed E-state index contributed by atoms with van der Waals surface area (Å²) in [6.45, 7) is 3.62. The summed E-state index contributed by atoms with van der Waals surface area (Å²) < 4.78 is 0. The summed E-state index contributed by atoms with van der Waals surface area (Å²) in [6.07, 6.45) is 8.76. The van der Waals surface area contributed by atoms with E-state index >= 15 is 0 Å². The Balaban J connectivity index is 1.54. The maximum absolute atomic E-state index is 12.4. The number of pyridine rings is 1. The summed E-state index contributed by atoms with van der Waals surface area (Å²) in [5, 5.41) is 0. The smallest absolute Gasteiger partial charge is 0.222 e. The third-order valence-corrected chi connectivity index (χ3v) is 4.76. The molecule has 1 aromatic heterocycles. The normalized spacial score (nSPS) is 20.6. The van der Waals surface area contributed by atoms with Gasteiger partial charge in [0, 0.05) is 38.8 Å². The predicted molar refractivity (Wildman–Crippen MR) is 84.2 cm³/mol. The lowest BCUT2D eigenvalue weighted by atomic mass is 10.0. The highest BCUT2D eigenvalue weighted by Crippen LogP contribution is 2.28. The van der Waals surface area contributed by atoms with E-state index < -0.39 is 0 Å². The van der Waals surface area contributed by atoms with Crippen LogP contribution < -0.4 is 4.90 Å². The summed E-state index contributed by atoms with van der Waals surface area (Å²) in [6, 6.07) is 6.02. The number of carbonyl (C=O) groups is 1. The van der Waals surface area contributed by atoms with E-state index in [0.717, 1.165) is 44.8 Å². The van der Waals surface area contributed by atoms with Gasteiger partial charge in [0.2, 0.25) is 5.91 Å². The highest BCUT2D eigenvalue weighted by molar-refractivity contribution is 5.76. The van der Waals surface area contributed by atoms with Crippen molar-refractivity contribution in [3.8, 4) is 0 Å². The van der Waals surface area contributed by atoms with E-state index in [0.29, 0.717) is 11.8 Å². The summed E-state index contributed by atoms with van der Waals surface area (Å²) in [5.74, 6) is 2.04. The highest BCUT2D eigenvalue weighted by Gasteiger charge is 2.24. The lowest BCUT2D eigenvalue weighted by Crippen LogP contribution is -2.36. The number of aromatic nitrogens is 1. The van der Waals surface area contributed by atoms with Crippen LogP contribution in [0.15, 0.2) is 24.4 Å². The summed E-state index contributed by atoms with van der Waals surface area (Å²) >= 11 is 0. The first-order chi connectivity index (χ1) is 10.3. The first kappa shape index (κ1) is 14.4. The summed E-state index contributed by atoms with van der Waals surface area (Å²) in [7, 11) is 0. The van der Waals surface area contributed by atoms with Crippen molar-refractivity contribution in [1.82, 2.24) is 9.88 Å². The number of rotatable bonds is 3. The van der Waals surface area contributed by atoms with Gasteiger partial charge < -0.3 is 9.80 Å². The second-order valence-corrected chi connectivity index (χ2v) is 6.26. The molecule has 1 aliphatic carbocycles. The fourth-order valence-corrected chi connectivity index (χ4v) is 3.53. The Hall–Kier alpha value is -1.58. The van der Waals surface area contributed by atoms with Crippen LogP contribution in [0.25, 0.3) is 0 Å². The number of amides is 1. The van der Waals surface area contributed by atoms with E-state index in [9.17, 15) is 4.79 Å². The molecule has 0 radical (unpaired) electrons. The minimum atomic E-state index is 0.366. The molecule has 0 unspecified atom stereocenters. The van der Waals surface area contributed by atoms with Crippen molar-refractivity contribution in [3.63, 3.8) is 0 Å². The zero-order valence-electron chi connectivity index (χ0n) is 12.7. The standard InChI is InChI=1S/C17H25N3O/c21-17(14-15-6-1-2-7-15)20-11-5-10-19(12-13-20)16-8-3-4-9-18-16/h3-4,8-9,15H,1-2,5-7,10-14H2. The molecule has 2 fully saturated rings. The third kappa shape index (κ3) is 3.74. The van der Waals surface area contributed by atoms with Gasteiger partial charge in [0.15, 0.2) is 0 Å². The number of nitrogens with zero attached hydrogens (tertiary/aromatic N) is 3. The molecule has 114 valence electrons. The fourth-order valence-electron chi connectivity index (χ4n) is 3.53. The average Bonchev–Trinajstić information content (AvgIpc) is 2.89. The number of anilines is 1. The Morgan fingerprint density at radius 3 is 2.71 bits per heavy atom. The van der Waals surface area contributed by atoms with Crippen molar-refractivity contribution in [2.45, 2.75) is 38.5 Å². The van der Waals surface area contributed by atoms with Crippen molar-refractivity contribution >= 4 is 11.7 Å². The van der Waals surface area contributed by atoms with Gasteiger partial charge in [-0.15, -0.1) is 0 Å². The van der Waals surface area contributed by atoms with Gasteiger partial charge in [0.05, 0.1) is 0 Å². The maximum Gasteiger partial charge on any atom is 0.222 e. The van der Waals surface area contributed by atoms with Crippen LogP contribution in [0.5, 0.6) is 0 Å². The molecule has 1 aliphatic heterocycles. The summed E-state index contributed by atoms with van der Waals surface area (Å²) in [5.41, 5.74) is 0. The highest BCUT2D eigenvalue weighted by atomic mass is 16.2. The van der Waals surface area contributed by atoms with Gasteiger partial charge in [0.25, 0.3) is 0 Å². The van der Waals surface area contributed by atoms with Crippen molar-refractivity contribution in [2.24, 2.45) is 5.92 Å². The quantitative estimate of drug-likeness (QED) is 0.857. The molecule has 0 bridgehead atoms. The second kappa shape index (κ2) is 6.92. The maximum atomic E-state index is 12.4. The molecule has 1 saturated heterocycles. The van der Waals surface area contributed by atoms with Crippen molar-refractivity contribution in [1.29, 1.82) is 0 Å². The molecule has 0 N–H and O–H groups in total. The largest absolute Gasteiger partial charge is 0.355 e. The van der Waals surface area contributed by atoms with Crippen LogP contribution in [0.1, 0.15) is 38.5 Å². The van der Waals surface area contributed by atoms with Crippen LogP contribution in [-0.2, 0) is 4.79 Å². The van der Waals surface area contributed by atoms with Crippen LogP contribution in [0.4, 0.5) is 5.82 Å². The number of hydrogen-bond acceptors (Lipinski definition) is 3.